The van der Waals surface area contributed by atoms with Gasteiger partial charge >= 0.3 is 0 Å². The molecule has 0 saturated carbocycles. The SMILES string of the molecule is Cc1ccc(C(=O)c2cnc(N(C)C)s2)cc1. The zero-order valence-electron chi connectivity index (χ0n) is 10.1. The highest BCUT2D eigenvalue weighted by atomic mass is 32.1. The predicted molar refractivity (Wildman–Crippen MR) is 71.1 cm³/mol. The molecule has 0 aliphatic rings. The number of carbonyl (C=O) groups is 1. The second kappa shape index (κ2) is 4.67. The van der Waals surface area contributed by atoms with E-state index in [2.05, 4.69) is 4.98 Å². The number of thiazole rings is 1. The minimum atomic E-state index is 0.0376. The lowest BCUT2D eigenvalue weighted by atomic mass is 10.1. The number of benzene rings is 1. The molecule has 0 spiro atoms. The van der Waals surface area contributed by atoms with E-state index in [0.717, 1.165) is 10.7 Å². The Morgan fingerprint density at radius 2 is 1.88 bits per heavy atom. The van der Waals surface area contributed by atoms with Crippen molar-refractivity contribution < 1.29 is 4.79 Å². The summed E-state index contributed by atoms with van der Waals surface area (Å²) < 4.78 is 0. The topological polar surface area (TPSA) is 33.2 Å². The van der Waals surface area contributed by atoms with Crippen LogP contribution < -0.4 is 4.90 Å². The van der Waals surface area contributed by atoms with Crippen LogP contribution in [0.4, 0.5) is 5.13 Å². The first-order chi connectivity index (χ1) is 8.08. The van der Waals surface area contributed by atoms with Crippen molar-refractivity contribution in [2.24, 2.45) is 0 Å². The molecule has 1 heterocycles. The second-order valence-electron chi connectivity index (χ2n) is 4.10. The van der Waals surface area contributed by atoms with E-state index in [9.17, 15) is 4.79 Å². The normalized spacial score (nSPS) is 10.3. The van der Waals surface area contributed by atoms with Crippen molar-refractivity contribution in [1.29, 1.82) is 0 Å². The number of carbonyl (C=O) groups excluding carboxylic acids is 1. The molecule has 1 aromatic carbocycles. The van der Waals surface area contributed by atoms with Gasteiger partial charge in [0.05, 0.1) is 11.1 Å². The Kier molecular flexibility index (Phi) is 3.24. The Labute approximate surface area is 105 Å². The summed E-state index contributed by atoms with van der Waals surface area (Å²) in [7, 11) is 3.83. The van der Waals surface area contributed by atoms with Crippen molar-refractivity contribution in [3.8, 4) is 0 Å². The van der Waals surface area contributed by atoms with Gasteiger partial charge < -0.3 is 4.90 Å². The maximum atomic E-state index is 12.1. The predicted octanol–water partition coefficient (Wildman–Crippen LogP) is 2.75. The summed E-state index contributed by atoms with van der Waals surface area (Å²) in [6.07, 6.45) is 1.64. The number of aryl methyl sites for hydroxylation is 1. The molecule has 3 nitrogen and oxygen atoms in total. The molecule has 0 radical (unpaired) electrons. The monoisotopic (exact) mass is 246 g/mol. The van der Waals surface area contributed by atoms with Crippen LogP contribution in [0.15, 0.2) is 30.5 Å². The average Bonchev–Trinajstić information content (AvgIpc) is 2.78. The van der Waals surface area contributed by atoms with E-state index in [1.165, 1.54) is 11.3 Å². The number of nitrogens with zero attached hydrogens (tertiary/aromatic N) is 2. The molecular formula is C13H14N2OS. The maximum Gasteiger partial charge on any atom is 0.204 e. The van der Waals surface area contributed by atoms with Crippen LogP contribution in [0.3, 0.4) is 0 Å². The van der Waals surface area contributed by atoms with E-state index in [-0.39, 0.29) is 5.78 Å². The summed E-state index contributed by atoms with van der Waals surface area (Å²) in [4.78, 5) is 18.9. The highest BCUT2D eigenvalue weighted by Crippen LogP contribution is 2.23. The number of rotatable bonds is 3. The van der Waals surface area contributed by atoms with Crippen LogP contribution in [-0.4, -0.2) is 24.9 Å². The standard InChI is InChI=1S/C13H14N2OS/c1-9-4-6-10(7-5-9)12(16)11-8-14-13(17-11)15(2)3/h4-8H,1-3H3. The maximum absolute atomic E-state index is 12.1. The molecule has 0 aliphatic carbocycles. The van der Waals surface area contributed by atoms with Gasteiger partial charge in [-0.1, -0.05) is 41.2 Å². The molecule has 1 aromatic heterocycles. The molecule has 0 amide bonds. The third-order valence-electron chi connectivity index (χ3n) is 2.41. The van der Waals surface area contributed by atoms with Gasteiger partial charge in [0.15, 0.2) is 5.13 Å². The van der Waals surface area contributed by atoms with Crippen molar-refractivity contribution in [2.45, 2.75) is 6.92 Å². The Morgan fingerprint density at radius 3 is 2.41 bits per heavy atom. The van der Waals surface area contributed by atoms with Gasteiger partial charge in [0, 0.05) is 19.7 Å². The lowest BCUT2D eigenvalue weighted by Crippen LogP contribution is -2.07. The van der Waals surface area contributed by atoms with Crippen LogP contribution >= 0.6 is 11.3 Å². The first-order valence-electron chi connectivity index (χ1n) is 5.32. The van der Waals surface area contributed by atoms with Gasteiger partial charge in [-0.15, -0.1) is 0 Å². The summed E-state index contributed by atoms with van der Waals surface area (Å²) >= 11 is 1.41. The first-order valence-corrected chi connectivity index (χ1v) is 6.14. The van der Waals surface area contributed by atoms with E-state index in [1.54, 1.807) is 6.20 Å². The number of hydrogen-bond donors (Lipinski definition) is 0. The van der Waals surface area contributed by atoms with E-state index >= 15 is 0 Å². The van der Waals surface area contributed by atoms with E-state index < -0.39 is 0 Å². The quantitative estimate of drug-likeness (QED) is 0.781. The Balaban J connectivity index is 2.27. The molecule has 0 unspecified atom stereocenters. The van der Waals surface area contributed by atoms with Gasteiger partial charge in [0.2, 0.25) is 5.78 Å². The summed E-state index contributed by atoms with van der Waals surface area (Å²) in [6, 6.07) is 7.60. The van der Waals surface area contributed by atoms with Crippen molar-refractivity contribution in [3.63, 3.8) is 0 Å². The first kappa shape index (κ1) is 11.8. The van der Waals surface area contributed by atoms with Crippen molar-refractivity contribution >= 4 is 22.3 Å². The van der Waals surface area contributed by atoms with Gasteiger partial charge in [0.1, 0.15) is 0 Å². The molecule has 0 fully saturated rings. The zero-order valence-corrected chi connectivity index (χ0v) is 10.9. The molecule has 17 heavy (non-hydrogen) atoms. The van der Waals surface area contributed by atoms with Gasteiger partial charge in [-0.2, -0.15) is 0 Å². The lowest BCUT2D eigenvalue weighted by molar-refractivity contribution is 0.104. The Morgan fingerprint density at radius 1 is 1.24 bits per heavy atom. The molecule has 0 saturated heterocycles. The lowest BCUT2D eigenvalue weighted by Gasteiger charge is -2.05. The van der Waals surface area contributed by atoms with E-state index in [1.807, 2.05) is 50.2 Å². The number of hydrogen-bond acceptors (Lipinski definition) is 4. The number of aromatic nitrogens is 1. The fourth-order valence-electron chi connectivity index (χ4n) is 1.42. The van der Waals surface area contributed by atoms with Crippen LogP contribution in [0.25, 0.3) is 0 Å². The Hall–Kier alpha value is -1.68. The molecule has 0 N–H and O–H groups in total. The highest BCUT2D eigenvalue weighted by molar-refractivity contribution is 7.17. The fraction of sp³-hybridized carbons (Fsp3) is 0.231. The average molecular weight is 246 g/mol. The molecule has 88 valence electrons. The smallest absolute Gasteiger partial charge is 0.204 e. The third kappa shape index (κ3) is 2.53. The van der Waals surface area contributed by atoms with Crippen LogP contribution in [0.2, 0.25) is 0 Å². The van der Waals surface area contributed by atoms with Crippen LogP contribution in [-0.2, 0) is 0 Å². The zero-order chi connectivity index (χ0) is 12.4. The van der Waals surface area contributed by atoms with Crippen molar-refractivity contribution in [3.05, 3.63) is 46.5 Å². The van der Waals surface area contributed by atoms with E-state index in [0.29, 0.717) is 10.4 Å². The van der Waals surface area contributed by atoms with Gasteiger partial charge in [-0.25, -0.2) is 4.98 Å². The van der Waals surface area contributed by atoms with Crippen LogP contribution in [0.1, 0.15) is 20.8 Å². The molecular weight excluding hydrogens is 232 g/mol. The fourth-order valence-corrected chi connectivity index (χ4v) is 2.22. The number of ketones is 1. The molecule has 2 aromatic rings. The van der Waals surface area contributed by atoms with Gasteiger partial charge in [0.25, 0.3) is 0 Å². The van der Waals surface area contributed by atoms with Gasteiger partial charge in [-0.3, -0.25) is 4.79 Å². The second-order valence-corrected chi connectivity index (χ2v) is 5.11. The highest BCUT2D eigenvalue weighted by Gasteiger charge is 2.13. The molecule has 0 aliphatic heterocycles. The van der Waals surface area contributed by atoms with Crippen LogP contribution in [0.5, 0.6) is 0 Å². The third-order valence-corrected chi connectivity index (χ3v) is 3.58. The van der Waals surface area contributed by atoms with Crippen LogP contribution in [0, 0.1) is 6.92 Å². The largest absolute Gasteiger partial charge is 0.354 e. The number of anilines is 1. The minimum Gasteiger partial charge on any atom is -0.354 e. The van der Waals surface area contributed by atoms with E-state index in [4.69, 9.17) is 0 Å². The summed E-state index contributed by atoms with van der Waals surface area (Å²) in [6.45, 7) is 2.01. The Bertz CT molecular complexity index is 529. The molecule has 4 heteroatoms. The van der Waals surface area contributed by atoms with Crippen molar-refractivity contribution in [1.82, 2.24) is 4.98 Å². The summed E-state index contributed by atoms with van der Waals surface area (Å²) in [5.41, 5.74) is 1.87. The molecule has 2 rings (SSSR count). The summed E-state index contributed by atoms with van der Waals surface area (Å²) in [5.74, 6) is 0.0376. The molecule has 0 bridgehead atoms. The van der Waals surface area contributed by atoms with Gasteiger partial charge in [-0.05, 0) is 6.92 Å². The summed E-state index contributed by atoms with van der Waals surface area (Å²) in [5, 5.41) is 0.848. The van der Waals surface area contributed by atoms with Crippen molar-refractivity contribution in [2.75, 3.05) is 19.0 Å². The molecule has 0 atom stereocenters. The minimum absolute atomic E-state index is 0.0376.